The molecule has 1 aliphatic rings. The van der Waals surface area contributed by atoms with E-state index in [1.165, 1.54) is 0 Å². The molecule has 0 aliphatic heterocycles. The van der Waals surface area contributed by atoms with Crippen molar-refractivity contribution in [3.8, 4) is 0 Å². The monoisotopic (exact) mass is 325 g/mol. The number of amides is 1. The zero-order valence-corrected chi connectivity index (χ0v) is 13.6. The topological polar surface area (TPSA) is 101 Å². The lowest BCUT2D eigenvalue weighted by Crippen LogP contribution is -2.52. The summed E-state index contributed by atoms with van der Waals surface area (Å²) in [6.45, 7) is 1.57. The third-order valence-electron chi connectivity index (χ3n) is 3.99. The van der Waals surface area contributed by atoms with Gasteiger partial charge >= 0.3 is 0 Å². The Morgan fingerprint density at radius 1 is 1.14 bits per heavy atom. The van der Waals surface area contributed by atoms with Crippen LogP contribution in [0.15, 0.2) is 24.3 Å². The van der Waals surface area contributed by atoms with Crippen molar-refractivity contribution in [2.45, 2.75) is 44.6 Å². The van der Waals surface area contributed by atoms with Gasteiger partial charge in [-0.25, -0.2) is 8.42 Å². The second-order valence-electron chi connectivity index (χ2n) is 5.75. The molecule has 1 fully saturated rings. The van der Waals surface area contributed by atoms with Gasteiger partial charge in [0.2, 0.25) is 15.9 Å². The third-order valence-corrected chi connectivity index (χ3v) is 5.30. The molecule has 0 aromatic heterocycles. The molecule has 1 aromatic rings. The van der Waals surface area contributed by atoms with Gasteiger partial charge in [-0.2, -0.15) is 0 Å². The van der Waals surface area contributed by atoms with Gasteiger partial charge in [0.05, 0.1) is 11.3 Å². The number of benzene rings is 1. The van der Waals surface area contributed by atoms with Crippen molar-refractivity contribution in [3.63, 3.8) is 0 Å². The SMILES string of the molecule is CCS(=O)(=O)Nc1ccc(NC(=O)C2(N)CCCCC2)cc1. The van der Waals surface area contributed by atoms with Gasteiger partial charge in [-0.1, -0.05) is 19.3 Å². The first-order valence-electron chi connectivity index (χ1n) is 7.55. The lowest BCUT2D eigenvalue weighted by atomic mass is 9.82. The molecule has 1 saturated carbocycles. The predicted molar refractivity (Wildman–Crippen MR) is 88.2 cm³/mol. The number of hydrogen-bond donors (Lipinski definition) is 3. The summed E-state index contributed by atoms with van der Waals surface area (Å²) in [5, 5.41) is 2.82. The first kappa shape index (κ1) is 16.8. The maximum atomic E-state index is 12.3. The fraction of sp³-hybridized carbons (Fsp3) is 0.533. The van der Waals surface area contributed by atoms with E-state index in [4.69, 9.17) is 5.73 Å². The van der Waals surface area contributed by atoms with Gasteiger partial charge in [0.15, 0.2) is 0 Å². The molecule has 122 valence electrons. The molecule has 0 radical (unpaired) electrons. The molecule has 4 N–H and O–H groups in total. The molecule has 0 heterocycles. The molecule has 0 bridgehead atoms. The lowest BCUT2D eigenvalue weighted by Gasteiger charge is -2.31. The quantitative estimate of drug-likeness (QED) is 0.771. The lowest BCUT2D eigenvalue weighted by molar-refractivity contribution is -0.122. The molecule has 1 aliphatic carbocycles. The normalized spacial score (nSPS) is 17.7. The van der Waals surface area contributed by atoms with E-state index in [0.717, 1.165) is 19.3 Å². The largest absolute Gasteiger partial charge is 0.324 e. The average Bonchev–Trinajstić information content (AvgIpc) is 2.50. The van der Waals surface area contributed by atoms with Crippen LogP contribution in [0.5, 0.6) is 0 Å². The Morgan fingerprint density at radius 3 is 2.23 bits per heavy atom. The van der Waals surface area contributed by atoms with Crippen LogP contribution in [0, 0.1) is 0 Å². The van der Waals surface area contributed by atoms with Gasteiger partial charge in [0.25, 0.3) is 0 Å². The zero-order valence-electron chi connectivity index (χ0n) is 12.8. The standard InChI is InChI=1S/C15H23N3O3S/c1-2-22(20,21)18-13-8-6-12(7-9-13)17-14(19)15(16)10-4-3-5-11-15/h6-9,18H,2-5,10-11,16H2,1H3,(H,17,19). The fourth-order valence-corrected chi connectivity index (χ4v) is 3.18. The third kappa shape index (κ3) is 4.20. The van der Waals surface area contributed by atoms with Gasteiger partial charge < -0.3 is 11.1 Å². The minimum absolute atomic E-state index is 0.0151. The highest BCUT2D eigenvalue weighted by atomic mass is 32.2. The van der Waals surface area contributed by atoms with E-state index < -0.39 is 15.6 Å². The summed E-state index contributed by atoms with van der Waals surface area (Å²) in [6.07, 6.45) is 4.47. The number of hydrogen-bond acceptors (Lipinski definition) is 4. The van der Waals surface area contributed by atoms with E-state index in [0.29, 0.717) is 24.2 Å². The number of nitrogens with two attached hydrogens (primary N) is 1. The highest BCUT2D eigenvalue weighted by Gasteiger charge is 2.35. The molecule has 0 spiro atoms. The molecule has 22 heavy (non-hydrogen) atoms. The summed E-state index contributed by atoms with van der Waals surface area (Å²) in [7, 11) is -3.29. The number of sulfonamides is 1. The second-order valence-corrected chi connectivity index (χ2v) is 7.76. The van der Waals surface area contributed by atoms with Crippen LogP contribution in [0.3, 0.4) is 0 Å². The van der Waals surface area contributed by atoms with Crippen LogP contribution in [0.25, 0.3) is 0 Å². The summed E-state index contributed by atoms with van der Waals surface area (Å²) in [5.74, 6) is -0.157. The molecule has 7 heteroatoms. The number of nitrogens with one attached hydrogen (secondary N) is 2. The van der Waals surface area contributed by atoms with Crippen molar-refractivity contribution in [3.05, 3.63) is 24.3 Å². The van der Waals surface area contributed by atoms with E-state index in [2.05, 4.69) is 10.0 Å². The zero-order chi connectivity index (χ0) is 16.2. The van der Waals surface area contributed by atoms with E-state index in [1.54, 1.807) is 31.2 Å². The molecule has 1 amide bonds. The minimum atomic E-state index is -3.29. The maximum Gasteiger partial charge on any atom is 0.244 e. The van der Waals surface area contributed by atoms with Crippen molar-refractivity contribution in [2.24, 2.45) is 5.73 Å². The van der Waals surface area contributed by atoms with Crippen molar-refractivity contribution in [1.82, 2.24) is 0 Å². The van der Waals surface area contributed by atoms with Crippen LogP contribution in [0.4, 0.5) is 11.4 Å². The Kier molecular flexibility index (Phi) is 5.08. The Labute approximate surface area is 131 Å². The molecule has 1 aromatic carbocycles. The summed E-state index contributed by atoms with van der Waals surface area (Å²) in [5.41, 5.74) is 6.47. The van der Waals surface area contributed by atoms with Crippen molar-refractivity contribution >= 4 is 27.3 Å². The van der Waals surface area contributed by atoms with Gasteiger partial charge in [-0.15, -0.1) is 0 Å². The Bertz CT molecular complexity index is 620. The Balaban J connectivity index is 2.00. The van der Waals surface area contributed by atoms with E-state index in [9.17, 15) is 13.2 Å². The molecule has 0 atom stereocenters. The van der Waals surface area contributed by atoms with Crippen LogP contribution >= 0.6 is 0 Å². The minimum Gasteiger partial charge on any atom is -0.324 e. The van der Waals surface area contributed by atoms with Crippen LogP contribution in [-0.4, -0.2) is 25.6 Å². The molecular formula is C15H23N3O3S. The summed E-state index contributed by atoms with van der Waals surface area (Å²) in [6, 6.07) is 6.56. The highest BCUT2D eigenvalue weighted by molar-refractivity contribution is 7.92. The average molecular weight is 325 g/mol. The van der Waals surface area contributed by atoms with E-state index in [1.807, 2.05) is 0 Å². The van der Waals surface area contributed by atoms with Crippen LogP contribution < -0.4 is 15.8 Å². The molecule has 0 unspecified atom stereocenters. The van der Waals surface area contributed by atoms with Crippen molar-refractivity contribution in [2.75, 3.05) is 15.8 Å². The number of anilines is 2. The van der Waals surface area contributed by atoms with E-state index in [-0.39, 0.29) is 11.7 Å². The molecule has 2 rings (SSSR count). The van der Waals surface area contributed by atoms with Gasteiger partial charge in [0.1, 0.15) is 0 Å². The van der Waals surface area contributed by atoms with Gasteiger partial charge in [-0.05, 0) is 44.0 Å². The second kappa shape index (κ2) is 6.66. The Hall–Kier alpha value is -1.60. The Morgan fingerprint density at radius 2 is 1.68 bits per heavy atom. The van der Waals surface area contributed by atoms with Crippen molar-refractivity contribution < 1.29 is 13.2 Å². The summed E-state index contributed by atoms with van der Waals surface area (Å²) in [4.78, 5) is 12.3. The first-order valence-corrected chi connectivity index (χ1v) is 9.21. The van der Waals surface area contributed by atoms with E-state index >= 15 is 0 Å². The smallest absolute Gasteiger partial charge is 0.244 e. The fourth-order valence-electron chi connectivity index (χ4n) is 2.54. The van der Waals surface area contributed by atoms with Crippen molar-refractivity contribution in [1.29, 1.82) is 0 Å². The molecule has 0 saturated heterocycles. The van der Waals surface area contributed by atoms with Gasteiger partial charge in [0, 0.05) is 11.4 Å². The maximum absolute atomic E-state index is 12.3. The number of rotatable bonds is 5. The van der Waals surface area contributed by atoms with Gasteiger partial charge in [-0.3, -0.25) is 9.52 Å². The summed E-state index contributed by atoms with van der Waals surface area (Å²) < 4.78 is 25.4. The molecule has 6 nitrogen and oxygen atoms in total. The summed E-state index contributed by atoms with van der Waals surface area (Å²) >= 11 is 0. The van der Waals surface area contributed by atoms with Crippen LogP contribution in [0.1, 0.15) is 39.0 Å². The molecular weight excluding hydrogens is 302 g/mol. The first-order chi connectivity index (χ1) is 10.3. The van der Waals surface area contributed by atoms with Crippen LogP contribution in [0.2, 0.25) is 0 Å². The number of carbonyl (C=O) groups excluding carboxylic acids is 1. The predicted octanol–water partition coefficient (Wildman–Crippen LogP) is 2.05. The highest BCUT2D eigenvalue weighted by Crippen LogP contribution is 2.27. The number of carbonyl (C=O) groups is 1. The van der Waals surface area contributed by atoms with Crippen LogP contribution in [-0.2, 0) is 14.8 Å².